The number of hydrogen-bond acceptors (Lipinski definition) is 3. The molecule has 0 aromatic heterocycles. The predicted octanol–water partition coefficient (Wildman–Crippen LogP) is 2.96. The summed E-state index contributed by atoms with van der Waals surface area (Å²) in [6.45, 7) is 1.85. The second kappa shape index (κ2) is 5.88. The van der Waals surface area contributed by atoms with E-state index in [0.717, 1.165) is 5.56 Å². The third kappa shape index (κ3) is 3.64. The van der Waals surface area contributed by atoms with Crippen LogP contribution in [0.1, 0.15) is 18.9 Å². The number of benzene rings is 1. The molecule has 0 fully saturated rings. The maximum Gasteiger partial charge on any atom is 0.317 e. The fourth-order valence-electron chi connectivity index (χ4n) is 1.08. The number of hydrogen-bond donors (Lipinski definition) is 1. The van der Waals surface area contributed by atoms with Crippen molar-refractivity contribution >= 4 is 34.1 Å². The van der Waals surface area contributed by atoms with Crippen LogP contribution in [0.2, 0.25) is 0 Å². The summed E-state index contributed by atoms with van der Waals surface area (Å²) in [4.78, 5) is 10.8. The molecule has 2 nitrogen and oxygen atoms in total. The van der Waals surface area contributed by atoms with Crippen LogP contribution in [-0.2, 0) is 4.79 Å². The highest BCUT2D eigenvalue weighted by molar-refractivity contribution is 8.24. The third-order valence-electron chi connectivity index (χ3n) is 1.91. The van der Waals surface area contributed by atoms with Gasteiger partial charge in [-0.2, -0.15) is 0 Å². The molecule has 0 radical (unpaired) electrons. The van der Waals surface area contributed by atoms with Gasteiger partial charge in [-0.25, -0.2) is 0 Å². The van der Waals surface area contributed by atoms with E-state index in [2.05, 4.69) is 0 Å². The van der Waals surface area contributed by atoms with Crippen molar-refractivity contribution in [3.63, 3.8) is 0 Å². The monoisotopic (exact) mass is 240 g/mol. The smallest absolute Gasteiger partial charge is 0.317 e. The Morgan fingerprint density at radius 3 is 2.53 bits per heavy atom. The maximum absolute atomic E-state index is 10.8. The first kappa shape index (κ1) is 12.2. The third-order valence-corrected chi connectivity index (χ3v) is 3.70. The Labute approximate surface area is 98.7 Å². The molecule has 1 atom stereocenters. The maximum atomic E-state index is 10.8. The van der Waals surface area contributed by atoms with E-state index in [1.165, 1.54) is 11.8 Å². The Balaban J connectivity index is 2.67. The molecule has 1 rings (SSSR count). The lowest BCUT2D eigenvalue weighted by Gasteiger charge is -2.09. The van der Waals surface area contributed by atoms with Gasteiger partial charge in [-0.15, -0.1) is 0 Å². The standard InChI is InChI=1S/C11H12O2S2/c1-2-9(10(12)13)15-11(14)8-6-4-3-5-7-8/h3-7,9H,2H2,1H3,(H,12,13). The van der Waals surface area contributed by atoms with Gasteiger partial charge < -0.3 is 5.11 Å². The van der Waals surface area contributed by atoms with Crippen molar-refractivity contribution in [1.29, 1.82) is 0 Å². The average Bonchev–Trinajstić information content (AvgIpc) is 2.26. The molecule has 1 aromatic carbocycles. The van der Waals surface area contributed by atoms with Crippen LogP contribution in [0.4, 0.5) is 0 Å². The van der Waals surface area contributed by atoms with Gasteiger partial charge in [0.15, 0.2) is 0 Å². The highest BCUT2D eigenvalue weighted by atomic mass is 32.2. The second-order valence-corrected chi connectivity index (χ2v) is 4.89. The van der Waals surface area contributed by atoms with E-state index >= 15 is 0 Å². The molecule has 80 valence electrons. The van der Waals surface area contributed by atoms with E-state index in [1.54, 1.807) is 0 Å². The van der Waals surface area contributed by atoms with E-state index in [4.69, 9.17) is 17.3 Å². The minimum atomic E-state index is -0.805. The van der Waals surface area contributed by atoms with Crippen molar-refractivity contribution in [3.05, 3.63) is 35.9 Å². The summed E-state index contributed by atoms with van der Waals surface area (Å²) < 4.78 is 0.643. The van der Waals surface area contributed by atoms with Gasteiger partial charge in [0.2, 0.25) is 0 Å². The molecular formula is C11H12O2S2. The van der Waals surface area contributed by atoms with Gasteiger partial charge in [0, 0.05) is 0 Å². The summed E-state index contributed by atoms with van der Waals surface area (Å²) in [6.07, 6.45) is 0.576. The van der Waals surface area contributed by atoms with Crippen LogP contribution in [0.3, 0.4) is 0 Å². The zero-order chi connectivity index (χ0) is 11.3. The van der Waals surface area contributed by atoms with Crippen LogP contribution in [0, 0.1) is 0 Å². The lowest BCUT2D eigenvalue weighted by Crippen LogP contribution is -2.17. The summed E-state index contributed by atoms with van der Waals surface area (Å²) in [5.41, 5.74) is 0.914. The van der Waals surface area contributed by atoms with Crippen molar-refractivity contribution in [2.75, 3.05) is 0 Å². The number of rotatable bonds is 4. The normalized spacial score (nSPS) is 12.1. The molecule has 1 N–H and O–H groups in total. The van der Waals surface area contributed by atoms with Gasteiger partial charge >= 0.3 is 5.97 Å². The number of thiocarbonyl (C=S) groups is 1. The Morgan fingerprint density at radius 2 is 2.07 bits per heavy atom. The molecule has 1 unspecified atom stereocenters. The molecule has 1 aromatic rings. The van der Waals surface area contributed by atoms with Crippen molar-refractivity contribution < 1.29 is 9.90 Å². The molecular weight excluding hydrogens is 228 g/mol. The van der Waals surface area contributed by atoms with Crippen LogP contribution >= 0.6 is 24.0 Å². The molecule has 0 saturated heterocycles. The fourth-order valence-corrected chi connectivity index (χ4v) is 2.36. The number of thioether (sulfide) groups is 1. The minimum absolute atomic E-state index is 0.447. The van der Waals surface area contributed by atoms with Gasteiger partial charge in [-0.05, 0) is 12.0 Å². The molecule has 0 bridgehead atoms. The number of carboxylic acids is 1. The summed E-state index contributed by atoms with van der Waals surface area (Å²) >= 11 is 6.42. The first-order chi connectivity index (χ1) is 7.15. The van der Waals surface area contributed by atoms with Gasteiger partial charge in [-0.1, -0.05) is 61.2 Å². The Bertz CT molecular complexity index is 349. The van der Waals surface area contributed by atoms with Crippen molar-refractivity contribution in [2.24, 2.45) is 0 Å². The van der Waals surface area contributed by atoms with E-state index in [0.29, 0.717) is 10.6 Å². The first-order valence-corrected chi connectivity index (χ1v) is 5.92. The molecule has 0 saturated carbocycles. The van der Waals surface area contributed by atoms with Crippen LogP contribution in [0.25, 0.3) is 0 Å². The van der Waals surface area contributed by atoms with Gasteiger partial charge in [0.25, 0.3) is 0 Å². The van der Waals surface area contributed by atoms with Crippen molar-refractivity contribution in [2.45, 2.75) is 18.6 Å². The number of carbonyl (C=O) groups is 1. The molecule has 0 spiro atoms. The molecule has 0 heterocycles. The van der Waals surface area contributed by atoms with E-state index in [9.17, 15) is 4.79 Å². The van der Waals surface area contributed by atoms with Gasteiger partial charge in [0.05, 0.1) is 4.20 Å². The second-order valence-electron chi connectivity index (χ2n) is 3.01. The van der Waals surface area contributed by atoms with E-state index < -0.39 is 11.2 Å². The first-order valence-electron chi connectivity index (χ1n) is 4.64. The summed E-state index contributed by atoms with van der Waals surface area (Å²) in [6, 6.07) is 9.48. The fraction of sp³-hybridized carbons (Fsp3) is 0.273. The quantitative estimate of drug-likeness (QED) is 0.821. The summed E-state index contributed by atoms with van der Waals surface area (Å²) in [7, 11) is 0. The molecule has 0 amide bonds. The molecule has 0 aliphatic carbocycles. The zero-order valence-corrected chi connectivity index (χ0v) is 9.98. The number of aliphatic carboxylic acids is 1. The predicted molar refractivity (Wildman–Crippen MR) is 67.4 cm³/mol. The van der Waals surface area contributed by atoms with Crippen LogP contribution in [0.5, 0.6) is 0 Å². The molecule has 15 heavy (non-hydrogen) atoms. The largest absolute Gasteiger partial charge is 0.480 e. The van der Waals surface area contributed by atoms with E-state index in [1.807, 2.05) is 37.3 Å². The molecule has 0 aliphatic rings. The van der Waals surface area contributed by atoms with E-state index in [-0.39, 0.29) is 0 Å². The Hall–Kier alpha value is -0.870. The number of carboxylic acid groups (broad SMARTS) is 1. The van der Waals surface area contributed by atoms with Gasteiger partial charge in [-0.3, -0.25) is 4.79 Å². The van der Waals surface area contributed by atoms with Crippen molar-refractivity contribution in [1.82, 2.24) is 0 Å². The van der Waals surface area contributed by atoms with Crippen LogP contribution in [-0.4, -0.2) is 20.5 Å². The van der Waals surface area contributed by atoms with Crippen LogP contribution in [0.15, 0.2) is 30.3 Å². The SMILES string of the molecule is CCC(SC(=S)c1ccccc1)C(=O)O. The highest BCUT2D eigenvalue weighted by Gasteiger charge is 2.18. The van der Waals surface area contributed by atoms with Crippen molar-refractivity contribution in [3.8, 4) is 0 Å². The topological polar surface area (TPSA) is 37.3 Å². The molecule has 0 aliphatic heterocycles. The zero-order valence-electron chi connectivity index (χ0n) is 8.34. The summed E-state index contributed by atoms with van der Waals surface area (Å²) in [5, 5.41) is 8.44. The van der Waals surface area contributed by atoms with Crippen LogP contribution < -0.4 is 0 Å². The Morgan fingerprint density at radius 1 is 1.47 bits per heavy atom. The highest BCUT2D eigenvalue weighted by Crippen LogP contribution is 2.21. The lowest BCUT2D eigenvalue weighted by molar-refractivity contribution is -0.136. The lowest BCUT2D eigenvalue weighted by atomic mass is 10.2. The average molecular weight is 240 g/mol. The minimum Gasteiger partial charge on any atom is -0.480 e. The summed E-state index contributed by atoms with van der Waals surface area (Å²) in [5.74, 6) is -0.805. The van der Waals surface area contributed by atoms with Gasteiger partial charge in [0.1, 0.15) is 5.25 Å². The molecule has 4 heteroatoms. The Kier molecular flexibility index (Phi) is 4.78.